The summed E-state index contributed by atoms with van der Waals surface area (Å²) in [5, 5.41) is 10.1. The number of nitrogens with one attached hydrogen (secondary N) is 2. The smallest absolute Gasteiger partial charge is 0.233 e. The third-order valence-electron chi connectivity index (χ3n) is 6.05. The Balaban J connectivity index is 0.000000287. The van der Waals surface area contributed by atoms with Crippen LogP contribution in [-0.2, 0) is 29.0 Å². The zero-order valence-corrected chi connectivity index (χ0v) is 24.0. The first-order valence-electron chi connectivity index (χ1n) is 12.7. The van der Waals surface area contributed by atoms with E-state index in [9.17, 15) is 14.0 Å². The normalized spacial score (nSPS) is 10.0. The fourth-order valence-electron chi connectivity index (χ4n) is 3.72. The average molecular weight is 569 g/mol. The Bertz CT molecular complexity index is 1320. The molecule has 0 saturated heterocycles. The van der Waals surface area contributed by atoms with Crippen molar-refractivity contribution in [2.45, 2.75) is 25.8 Å². The SMILES string of the molecule is COc1cc(CNC(=O)CCc2ccccc2)ccc1F.COc1ccc(CC(=O)N(C)C(=N)N)c(OC)c1OC. The van der Waals surface area contributed by atoms with Crippen LogP contribution in [-0.4, -0.2) is 58.2 Å². The highest BCUT2D eigenvalue weighted by Crippen LogP contribution is 2.40. The van der Waals surface area contributed by atoms with Gasteiger partial charge in [0, 0.05) is 25.6 Å². The Kier molecular flexibility index (Phi) is 12.9. The summed E-state index contributed by atoms with van der Waals surface area (Å²) in [5.41, 5.74) is 7.85. The number of hydrogen-bond acceptors (Lipinski definition) is 7. The van der Waals surface area contributed by atoms with Crippen molar-refractivity contribution in [3.8, 4) is 23.0 Å². The van der Waals surface area contributed by atoms with Crippen molar-refractivity contribution in [2.24, 2.45) is 5.73 Å². The van der Waals surface area contributed by atoms with Crippen LogP contribution in [0, 0.1) is 11.2 Å². The summed E-state index contributed by atoms with van der Waals surface area (Å²) in [5.74, 6) is 0.491. The second kappa shape index (κ2) is 16.3. The van der Waals surface area contributed by atoms with E-state index < -0.39 is 5.82 Å². The van der Waals surface area contributed by atoms with Gasteiger partial charge in [-0.25, -0.2) is 4.39 Å². The van der Waals surface area contributed by atoms with Crippen molar-refractivity contribution < 1.29 is 32.9 Å². The van der Waals surface area contributed by atoms with E-state index in [2.05, 4.69) is 5.32 Å². The molecule has 10 nitrogen and oxygen atoms in total. The number of guanidine groups is 1. The molecule has 0 aliphatic rings. The molecule has 0 aliphatic heterocycles. The molecule has 0 saturated carbocycles. The summed E-state index contributed by atoms with van der Waals surface area (Å²) in [6, 6.07) is 17.8. The summed E-state index contributed by atoms with van der Waals surface area (Å²) in [7, 11) is 7.36. The molecule has 220 valence electrons. The summed E-state index contributed by atoms with van der Waals surface area (Å²) >= 11 is 0. The maximum absolute atomic E-state index is 13.3. The molecule has 0 aliphatic carbocycles. The molecule has 0 unspecified atom stereocenters. The Morgan fingerprint density at radius 3 is 2.12 bits per heavy atom. The third-order valence-corrected chi connectivity index (χ3v) is 6.05. The van der Waals surface area contributed by atoms with Crippen LogP contribution >= 0.6 is 0 Å². The van der Waals surface area contributed by atoms with Crippen LogP contribution in [0.5, 0.6) is 23.0 Å². The zero-order valence-electron chi connectivity index (χ0n) is 24.0. The Morgan fingerprint density at radius 2 is 1.54 bits per heavy atom. The number of amides is 2. The second-order valence-electron chi connectivity index (χ2n) is 8.74. The number of benzene rings is 3. The number of carbonyl (C=O) groups is 2. The number of aryl methyl sites for hydroxylation is 1. The maximum Gasteiger partial charge on any atom is 0.233 e. The lowest BCUT2D eigenvalue weighted by molar-refractivity contribution is -0.126. The average Bonchev–Trinajstić information content (AvgIpc) is 2.99. The molecule has 3 rings (SSSR count). The van der Waals surface area contributed by atoms with E-state index in [-0.39, 0.29) is 29.9 Å². The van der Waals surface area contributed by atoms with Crippen molar-refractivity contribution in [3.05, 3.63) is 83.2 Å². The van der Waals surface area contributed by atoms with Gasteiger partial charge < -0.3 is 30.0 Å². The Morgan fingerprint density at radius 1 is 0.878 bits per heavy atom. The predicted molar refractivity (Wildman–Crippen MR) is 154 cm³/mol. The molecule has 3 aromatic rings. The van der Waals surface area contributed by atoms with Gasteiger partial charge in [-0.15, -0.1) is 0 Å². The van der Waals surface area contributed by atoms with Gasteiger partial charge in [0.2, 0.25) is 17.6 Å². The highest BCUT2D eigenvalue weighted by molar-refractivity contribution is 5.95. The molecule has 0 fully saturated rings. The molecule has 2 amide bonds. The highest BCUT2D eigenvalue weighted by Gasteiger charge is 2.20. The lowest BCUT2D eigenvalue weighted by Gasteiger charge is -2.18. The fourth-order valence-corrected chi connectivity index (χ4v) is 3.72. The Hall–Kier alpha value is -4.80. The second-order valence-corrected chi connectivity index (χ2v) is 8.74. The minimum Gasteiger partial charge on any atom is -0.494 e. The number of rotatable bonds is 11. The molecule has 3 aromatic carbocycles. The topological polar surface area (TPSA) is 136 Å². The largest absolute Gasteiger partial charge is 0.494 e. The molecule has 4 N–H and O–H groups in total. The first-order chi connectivity index (χ1) is 19.6. The number of halogens is 1. The number of hydrogen-bond donors (Lipinski definition) is 3. The van der Waals surface area contributed by atoms with Crippen LogP contribution in [0.15, 0.2) is 60.7 Å². The molecule has 0 atom stereocenters. The minimum atomic E-state index is -0.406. The highest BCUT2D eigenvalue weighted by atomic mass is 19.1. The van der Waals surface area contributed by atoms with Crippen molar-refractivity contribution in [1.29, 1.82) is 5.41 Å². The predicted octanol–water partition coefficient (Wildman–Crippen LogP) is 3.69. The fraction of sp³-hybridized carbons (Fsp3) is 0.300. The maximum atomic E-state index is 13.3. The molecular weight excluding hydrogens is 531 g/mol. The quantitative estimate of drug-likeness (QED) is 0.237. The zero-order chi connectivity index (χ0) is 30.4. The third kappa shape index (κ3) is 9.71. The minimum absolute atomic E-state index is 0.0258. The molecule has 0 heterocycles. The van der Waals surface area contributed by atoms with Crippen LogP contribution in [0.25, 0.3) is 0 Å². The van der Waals surface area contributed by atoms with Crippen LogP contribution in [0.2, 0.25) is 0 Å². The number of ether oxygens (including phenoxy) is 4. The number of carbonyl (C=O) groups excluding carboxylic acids is 2. The van der Waals surface area contributed by atoms with Gasteiger partial charge in [-0.3, -0.25) is 19.9 Å². The van der Waals surface area contributed by atoms with Crippen LogP contribution in [0.1, 0.15) is 23.1 Å². The molecule has 41 heavy (non-hydrogen) atoms. The number of methoxy groups -OCH3 is 4. The summed E-state index contributed by atoms with van der Waals surface area (Å²) in [4.78, 5) is 24.8. The summed E-state index contributed by atoms with van der Waals surface area (Å²) in [6.07, 6.45) is 1.18. The first kappa shape index (κ1) is 32.4. The molecular formula is C30H37FN4O6. The standard InChI is InChI=1S/C17H18FNO2.C13H19N3O4/c1-21-16-11-14(7-9-15(16)18)12-19-17(20)10-8-13-5-3-2-4-6-13;1-16(13(14)15)10(17)7-8-5-6-9(18-2)12(20-4)11(8)19-3/h2-7,9,11H,8,10,12H2,1H3,(H,19,20);5-6H,7H2,1-4H3,(H3,14,15). The van der Waals surface area contributed by atoms with Gasteiger partial charge >= 0.3 is 0 Å². The summed E-state index contributed by atoms with van der Waals surface area (Å²) in [6.45, 7) is 0.365. The van der Waals surface area contributed by atoms with E-state index in [4.69, 9.17) is 30.1 Å². The van der Waals surface area contributed by atoms with Gasteiger partial charge in [0.05, 0.1) is 34.9 Å². The van der Waals surface area contributed by atoms with Crippen LogP contribution in [0.4, 0.5) is 4.39 Å². The molecule has 0 spiro atoms. The van der Waals surface area contributed by atoms with E-state index in [1.807, 2.05) is 30.3 Å². The number of likely N-dealkylation sites (N-methyl/N-ethyl adjacent to an activating group) is 1. The van der Waals surface area contributed by atoms with Crippen LogP contribution in [0.3, 0.4) is 0 Å². The molecule has 0 bridgehead atoms. The van der Waals surface area contributed by atoms with E-state index in [0.717, 1.165) is 16.0 Å². The van der Waals surface area contributed by atoms with Gasteiger partial charge in [0.15, 0.2) is 29.0 Å². The van der Waals surface area contributed by atoms with E-state index in [1.165, 1.54) is 41.6 Å². The van der Waals surface area contributed by atoms with Crippen molar-refractivity contribution in [2.75, 3.05) is 35.5 Å². The van der Waals surface area contributed by atoms with Crippen molar-refractivity contribution in [1.82, 2.24) is 10.2 Å². The van der Waals surface area contributed by atoms with Gasteiger partial charge in [-0.2, -0.15) is 0 Å². The lowest BCUT2D eigenvalue weighted by atomic mass is 10.1. The van der Waals surface area contributed by atoms with Gasteiger partial charge in [0.1, 0.15) is 0 Å². The monoisotopic (exact) mass is 568 g/mol. The number of nitrogens with two attached hydrogens (primary N) is 1. The van der Waals surface area contributed by atoms with E-state index in [1.54, 1.807) is 24.3 Å². The van der Waals surface area contributed by atoms with Crippen LogP contribution < -0.4 is 30.0 Å². The Labute approximate surface area is 239 Å². The van der Waals surface area contributed by atoms with Gasteiger partial charge in [0.25, 0.3) is 0 Å². The van der Waals surface area contributed by atoms with Gasteiger partial charge in [-0.05, 0) is 35.7 Å². The lowest BCUT2D eigenvalue weighted by Crippen LogP contribution is -2.38. The van der Waals surface area contributed by atoms with E-state index in [0.29, 0.717) is 42.2 Å². The molecule has 0 radical (unpaired) electrons. The molecule has 11 heteroatoms. The van der Waals surface area contributed by atoms with Gasteiger partial charge in [-0.1, -0.05) is 42.5 Å². The number of nitrogens with zero attached hydrogens (tertiary/aromatic N) is 1. The van der Waals surface area contributed by atoms with E-state index >= 15 is 0 Å². The van der Waals surface area contributed by atoms with Crippen molar-refractivity contribution >= 4 is 17.8 Å². The van der Waals surface area contributed by atoms with Crippen molar-refractivity contribution in [3.63, 3.8) is 0 Å². The first-order valence-corrected chi connectivity index (χ1v) is 12.7. The summed E-state index contributed by atoms with van der Waals surface area (Å²) < 4.78 is 33.9. The molecule has 0 aromatic heterocycles.